The lowest BCUT2D eigenvalue weighted by Crippen LogP contribution is -2.24. The first kappa shape index (κ1) is 13.1. The van der Waals surface area contributed by atoms with Gasteiger partial charge >= 0.3 is 5.97 Å². The highest BCUT2D eigenvalue weighted by molar-refractivity contribution is 5.83. The number of aromatic nitrogens is 1. The molecule has 1 aromatic carbocycles. The SMILES string of the molecule is N#Cc1ncccc1CN1CC(C(=O)O)c2ccccc21. The summed E-state index contributed by atoms with van der Waals surface area (Å²) in [6.45, 7) is 0.895. The van der Waals surface area contributed by atoms with Crippen molar-refractivity contribution in [1.82, 2.24) is 4.98 Å². The predicted molar refractivity (Wildman–Crippen MR) is 76.8 cm³/mol. The van der Waals surface area contributed by atoms with Gasteiger partial charge in [-0.1, -0.05) is 24.3 Å². The zero-order valence-corrected chi connectivity index (χ0v) is 11.2. The lowest BCUT2D eigenvalue weighted by atomic mass is 10.0. The van der Waals surface area contributed by atoms with E-state index < -0.39 is 11.9 Å². The summed E-state index contributed by atoms with van der Waals surface area (Å²) in [7, 11) is 0. The fourth-order valence-electron chi connectivity index (χ4n) is 2.72. The number of carbonyl (C=O) groups is 1. The third-order valence-electron chi connectivity index (χ3n) is 3.71. The molecule has 2 aromatic rings. The number of rotatable bonds is 3. The molecule has 1 N–H and O–H groups in total. The second kappa shape index (κ2) is 5.25. The van der Waals surface area contributed by atoms with E-state index in [-0.39, 0.29) is 0 Å². The van der Waals surface area contributed by atoms with Crippen molar-refractivity contribution in [3.8, 4) is 6.07 Å². The number of carboxylic acids is 1. The number of para-hydroxylation sites is 1. The lowest BCUT2D eigenvalue weighted by Gasteiger charge is -2.19. The average Bonchev–Trinajstić information content (AvgIpc) is 2.87. The summed E-state index contributed by atoms with van der Waals surface area (Å²) in [5.74, 6) is -1.35. The highest BCUT2D eigenvalue weighted by Crippen LogP contribution is 2.37. The van der Waals surface area contributed by atoms with Gasteiger partial charge < -0.3 is 10.0 Å². The highest BCUT2D eigenvalue weighted by atomic mass is 16.4. The van der Waals surface area contributed by atoms with Crippen LogP contribution in [0, 0.1) is 11.3 Å². The highest BCUT2D eigenvalue weighted by Gasteiger charge is 2.33. The van der Waals surface area contributed by atoms with Crippen LogP contribution < -0.4 is 4.90 Å². The summed E-state index contributed by atoms with van der Waals surface area (Å²) < 4.78 is 0. The van der Waals surface area contributed by atoms with E-state index in [9.17, 15) is 9.90 Å². The Balaban J connectivity index is 1.95. The molecule has 0 saturated carbocycles. The van der Waals surface area contributed by atoms with Gasteiger partial charge in [0.05, 0.1) is 0 Å². The molecule has 104 valence electrons. The number of aliphatic carboxylic acids is 1. The van der Waals surface area contributed by atoms with Crippen molar-refractivity contribution in [3.05, 3.63) is 59.4 Å². The summed E-state index contributed by atoms with van der Waals surface area (Å²) in [6.07, 6.45) is 1.58. The number of hydrogen-bond acceptors (Lipinski definition) is 4. The summed E-state index contributed by atoms with van der Waals surface area (Å²) in [5, 5.41) is 18.5. The standard InChI is InChI=1S/C16H13N3O2/c17-8-14-11(4-3-7-18-14)9-19-10-13(16(20)21)12-5-1-2-6-15(12)19/h1-7,13H,9-10H2,(H,20,21). The minimum atomic E-state index is -0.823. The zero-order valence-electron chi connectivity index (χ0n) is 11.2. The molecule has 0 fully saturated rings. The Kier molecular flexibility index (Phi) is 3.28. The van der Waals surface area contributed by atoms with Gasteiger partial charge in [0.1, 0.15) is 17.7 Å². The Morgan fingerprint density at radius 1 is 1.38 bits per heavy atom. The van der Waals surface area contributed by atoms with Crippen LogP contribution in [-0.2, 0) is 11.3 Å². The van der Waals surface area contributed by atoms with Crippen molar-refractivity contribution >= 4 is 11.7 Å². The molecular formula is C16H13N3O2. The zero-order chi connectivity index (χ0) is 14.8. The van der Waals surface area contributed by atoms with Crippen LogP contribution in [0.25, 0.3) is 0 Å². The van der Waals surface area contributed by atoms with Gasteiger partial charge in [0, 0.05) is 30.5 Å². The number of fused-ring (bicyclic) bond motifs is 1. The van der Waals surface area contributed by atoms with Crippen LogP contribution in [0.5, 0.6) is 0 Å². The second-order valence-corrected chi connectivity index (χ2v) is 4.95. The van der Waals surface area contributed by atoms with Gasteiger partial charge in [-0.05, 0) is 17.7 Å². The number of carboxylic acid groups (broad SMARTS) is 1. The first-order chi connectivity index (χ1) is 10.2. The van der Waals surface area contributed by atoms with Crippen LogP contribution in [0.4, 0.5) is 5.69 Å². The molecule has 0 saturated heterocycles. The quantitative estimate of drug-likeness (QED) is 0.931. The molecule has 0 aliphatic carbocycles. The van der Waals surface area contributed by atoms with Crippen LogP contribution in [0.1, 0.15) is 22.7 Å². The second-order valence-electron chi connectivity index (χ2n) is 4.95. The van der Waals surface area contributed by atoms with Crippen LogP contribution in [0.2, 0.25) is 0 Å². The van der Waals surface area contributed by atoms with Crippen molar-refractivity contribution in [3.63, 3.8) is 0 Å². The fourth-order valence-corrected chi connectivity index (χ4v) is 2.72. The number of hydrogen-bond donors (Lipinski definition) is 1. The predicted octanol–water partition coefficient (Wildman–Crippen LogP) is 2.14. The maximum atomic E-state index is 11.4. The minimum Gasteiger partial charge on any atom is -0.481 e. The molecule has 5 nitrogen and oxygen atoms in total. The monoisotopic (exact) mass is 279 g/mol. The molecule has 1 aromatic heterocycles. The smallest absolute Gasteiger partial charge is 0.312 e. The summed E-state index contributed by atoms with van der Waals surface area (Å²) in [4.78, 5) is 17.4. The van der Waals surface area contributed by atoms with E-state index in [0.29, 0.717) is 18.8 Å². The molecule has 0 amide bonds. The van der Waals surface area contributed by atoms with Crippen molar-refractivity contribution in [2.45, 2.75) is 12.5 Å². The Hall–Kier alpha value is -2.87. The van der Waals surface area contributed by atoms with E-state index in [0.717, 1.165) is 16.8 Å². The van der Waals surface area contributed by atoms with Gasteiger partial charge in [-0.15, -0.1) is 0 Å². The summed E-state index contributed by atoms with van der Waals surface area (Å²) in [5.41, 5.74) is 2.93. The molecule has 1 aliphatic rings. The van der Waals surface area contributed by atoms with Crippen LogP contribution in [0.15, 0.2) is 42.6 Å². The van der Waals surface area contributed by atoms with E-state index in [1.165, 1.54) is 0 Å². The number of benzene rings is 1. The number of pyridine rings is 1. The maximum Gasteiger partial charge on any atom is 0.312 e. The molecule has 5 heteroatoms. The largest absolute Gasteiger partial charge is 0.481 e. The Labute approximate surface area is 122 Å². The Morgan fingerprint density at radius 2 is 2.19 bits per heavy atom. The van der Waals surface area contributed by atoms with E-state index in [4.69, 9.17) is 5.26 Å². The molecule has 21 heavy (non-hydrogen) atoms. The summed E-state index contributed by atoms with van der Waals surface area (Å²) >= 11 is 0. The van der Waals surface area contributed by atoms with Gasteiger partial charge in [-0.3, -0.25) is 4.79 Å². The third-order valence-corrected chi connectivity index (χ3v) is 3.71. The number of nitriles is 1. The maximum absolute atomic E-state index is 11.4. The molecule has 3 rings (SSSR count). The fraction of sp³-hybridized carbons (Fsp3) is 0.188. The third kappa shape index (κ3) is 2.32. The number of anilines is 1. The minimum absolute atomic E-state index is 0.383. The van der Waals surface area contributed by atoms with E-state index in [1.807, 2.05) is 35.2 Å². The topological polar surface area (TPSA) is 77.2 Å². The van der Waals surface area contributed by atoms with Gasteiger partial charge in [0.15, 0.2) is 0 Å². The first-order valence-electron chi connectivity index (χ1n) is 6.61. The molecule has 1 unspecified atom stereocenters. The molecule has 1 atom stereocenters. The number of nitrogens with zero attached hydrogens (tertiary/aromatic N) is 3. The van der Waals surface area contributed by atoms with Crippen LogP contribution in [-0.4, -0.2) is 22.6 Å². The summed E-state index contributed by atoms with van der Waals surface area (Å²) in [6, 6.07) is 13.2. The lowest BCUT2D eigenvalue weighted by molar-refractivity contribution is -0.138. The molecule has 1 aliphatic heterocycles. The normalized spacial score (nSPS) is 16.3. The van der Waals surface area contributed by atoms with Crippen molar-refractivity contribution in [2.75, 3.05) is 11.4 Å². The molecule has 0 bridgehead atoms. The Morgan fingerprint density at radius 3 is 2.95 bits per heavy atom. The van der Waals surface area contributed by atoms with Crippen molar-refractivity contribution in [1.29, 1.82) is 5.26 Å². The first-order valence-corrected chi connectivity index (χ1v) is 6.61. The van der Waals surface area contributed by atoms with Crippen molar-refractivity contribution in [2.24, 2.45) is 0 Å². The Bertz CT molecular complexity index is 736. The average molecular weight is 279 g/mol. The molecule has 2 heterocycles. The van der Waals surface area contributed by atoms with Crippen LogP contribution >= 0.6 is 0 Å². The van der Waals surface area contributed by atoms with E-state index in [2.05, 4.69) is 11.1 Å². The van der Waals surface area contributed by atoms with Gasteiger partial charge in [0.25, 0.3) is 0 Å². The molecular weight excluding hydrogens is 266 g/mol. The van der Waals surface area contributed by atoms with Gasteiger partial charge in [-0.25, -0.2) is 4.98 Å². The van der Waals surface area contributed by atoms with Crippen molar-refractivity contribution < 1.29 is 9.90 Å². The van der Waals surface area contributed by atoms with Gasteiger partial charge in [-0.2, -0.15) is 5.26 Å². The van der Waals surface area contributed by atoms with Gasteiger partial charge in [0.2, 0.25) is 0 Å². The van der Waals surface area contributed by atoms with E-state index >= 15 is 0 Å². The van der Waals surface area contributed by atoms with Crippen LogP contribution in [0.3, 0.4) is 0 Å². The molecule has 0 spiro atoms. The van der Waals surface area contributed by atoms with E-state index in [1.54, 1.807) is 12.3 Å². The molecule has 0 radical (unpaired) electrons.